The minimum atomic E-state index is -1.09. The molecule has 1 aromatic rings. The van der Waals surface area contributed by atoms with Crippen LogP contribution in [0, 0.1) is 5.92 Å². The number of carbonyl (C=O) groups excluding carboxylic acids is 1. The van der Waals surface area contributed by atoms with Gasteiger partial charge in [-0.2, -0.15) is 0 Å². The molecule has 0 aliphatic carbocycles. The number of ether oxygens (including phenoxy) is 1. The molecule has 0 radical (unpaired) electrons. The first kappa shape index (κ1) is 17.0. The fourth-order valence-corrected chi connectivity index (χ4v) is 1.98. The maximum atomic E-state index is 11.8. The Labute approximate surface area is 123 Å². The number of phenolic OH excluding ortho intramolecular Hbond substituents is 1. The summed E-state index contributed by atoms with van der Waals surface area (Å²) in [5, 5.41) is 20.9. The molecule has 0 bridgehead atoms. The molecule has 0 aromatic heterocycles. The molecular weight excluding hydrogens is 274 g/mol. The number of methoxy groups -OCH3 is 1. The molecule has 0 saturated heterocycles. The number of benzene rings is 1. The number of carboxylic acids is 1. The summed E-state index contributed by atoms with van der Waals surface area (Å²) in [4.78, 5) is 23.0. The molecule has 6 nitrogen and oxygen atoms in total. The molecule has 6 heteroatoms. The second kappa shape index (κ2) is 8.26. The zero-order valence-electron chi connectivity index (χ0n) is 12.2. The summed E-state index contributed by atoms with van der Waals surface area (Å²) >= 11 is 0. The maximum absolute atomic E-state index is 11.8. The van der Waals surface area contributed by atoms with Gasteiger partial charge in [-0.1, -0.05) is 19.1 Å². The number of hydrogen-bond acceptors (Lipinski definition) is 4. The highest BCUT2D eigenvalue weighted by molar-refractivity contribution is 5.83. The van der Waals surface area contributed by atoms with Gasteiger partial charge < -0.3 is 20.3 Å². The summed E-state index contributed by atoms with van der Waals surface area (Å²) in [5.74, 6) is -1.26. The molecule has 0 aliphatic heterocycles. The van der Waals surface area contributed by atoms with E-state index in [9.17, 15) is 19.8 Å². The fourth-order valence-electron chi connectivity index (χ4n) is 1.98. The van der Waals surface area contributed by atoms with Crippen LogP contribution < -0.4 is 5.32 Å². The van der Waals surface area contributed by atoms with E-state index in [1.807, 2.05) is 6.92 Å². The van der Waals surface area contributed by atoms with Crippen LogP contribution >= 0.6 is 0 Å². The molecule has 0 saturated carbocycles. The Morgan fingerprint density at radius 3 is 2.43 bits per heavy atom. The normalized spacial score (nSPS) is 13.4. The second-order valence-corrected chi connectivity index (χ2v) is 5.09. The molecule has 2 atom stereocenters. The van der Waals surface area contributed by atoms with Gasteiger partial charge in [0, 0.05) is 26.6 Å². The van der Waals surface area contributed by atoms with Gasteiger partial charge in [0.2, 0.25) is 5.91 Å². The minimum absolute atomic E-state index is 0.0260. The Kier molecular flexibility index (Phi) is 6.68. The van der Waals surface area contributed by atoms with Crippen LogP contribution in [0.2, 0.25) is 0 Å². The lowest BCUT2D eigenvalue weighted by Crippen LogP contribution is -2.42. The molecule has 0 heterocycles. The summed E-state index contributed by atoms with van der Waals surface area (Å²) in [6.45, 7) is 2.31. The highest BCUT2D eigenvalue weighted by Gasteiger charge is 2.21. The Bertz CT molecular complexity index is 471. The van der Waals surface area contributed by atoms with Gasteiger partial charge in [-0.3, -0.25) is 4.79 Å². The predicted octanol–water partition coefficient (Wildman–Crippen LogP) is 1.18. The number of aliphatic carboxylic acids is 1. The predicted molar refractivity (Wildman–Crippen MR) is 77.0 cm³/mol. The van der Waals surface area contributed by atoms with Gasteiger partial charge in [-0.25, -0.2) is 4.79 Å². The van der Waals surface area contributed by atoms with Crippen LogP contribution in [0.3, 0.4) is 0 Å². The molecule has 1 amide bonds. The summed E-state index contributed by atoms with van der Waals surface area (Å²) in [6, 6.07) is 5.24. The third-order valence-corrected chi connectivity index (χ3v) is 2.99. The summed E-state index contributed by atoms with van der Waals surface area (Å²) in [7, 11) is 1.55. The lowest BCUT2D eigenvalue weighted by atomic mass is 10.0. The van der Waals surface area contributed by atoms with Crippen molar-refractivity contribution in [2.24, 2.45) is 5.92 Å². The monoisotopic (exact) mass is 295 g/mol. The van der Waals surface area contributed by atoms with E-state index in [1.54, 1.807) is 19.2 Å². The number of carbonyl (C=O) groups is 2. The standard InChI is InChI=1S/C15H21NO5/c1-10(9-21-2)7-14(18)16-13(15(19)20)8-11-3-5-12(17)6-4-11/h3-6,10,13,17H,7-9H2,1-2H3,(H,16,18)(H,19,20). The first-order valence-electron chi connectivity index (χ1n) is 6.71. The number of phenols is 1. The van der Waals surface area contributed by atoms with E-state index in [1.165, 1.54) is 12.1 Å². The highest BCUT2D eigenvalue weighted by atomic mass is 16.5. The van der Waals surface area contributed by atoms with E-state index in [0.717, 1.165) is 5.56 Å². The van der Waals surface area contributed by atoms with Crippen molar-refractivity contribution in [2.45, 2.75) is 25.8 Å². The van der Waals surface area contributed by atoms with Crippen LogP contribution in [0.1, 0.15) is 18.9 Å². The third-order valence-electron chi connectivity index (χ3n) is 2.99. The smallest absolute Gasteiger partial charge is 0.326 e. The van der Waals surface area contributed by atoms with Crippen molar-refractivity contribution in [1.29, 1.82) is 0 Å². The van der Waals surface area contributed by atoms with Crippen molar-refractivity contribution in [3.05, 3.63) is 29.8 Å². The van der Waals surface area contributed by atoms with Gasteiger partial charge >= 0.3 is 5.97 Å². The maximum Gasteiger partial charge on any atom is 0.326 e. The van der Waals surface area contributed by atoms with Gasteiger partial charge in [0.05, 0.1) is 0 Å². The van der Waals surface area contributed by atoms with Crippen LogP contribution in [0.15, 0.2) is 24.3 Å². The average Bonchev–Trinajstić information content (AvgIpc) is 2.40. The largest absolute Gasteiger partial charge is 0.508 e. The Hall–Kier alpha value is -2.08. The summed E-state index contributed by atoms with van der Waals surface area (Å²) in [5.41, 5.74) is 0.727. The number of aromatic hydroxyl groups is 1. The molecule has 2 unspecified atom stereocenters. The van der Waals surface area contributed by atoms with Crippen LogP contribution in [0.25, 0.3) is 0 Å². The molecule has 116 valence electrons. The van der Waals surface area contributed by atoms with E-state index in [-0.39, 0.29) is 30.4 Å². The van der Waals surface area contributed by atoms with Crippen molar-refractivity contribution in [3.63, 3.8) is 0 Å². The third kappa shape index (κ3) is 6.27. The van der Waals surface area contributed by atoms with Crippen LogP contribution in [0.4, 0.5) is 0 Å². The van der Waals surface area contributed by atoms with E-state index < -0.39 is 12.0 Å². The lowest BCUT2D eigenvalue weighted by Gasteiger charge is -2.16. The van der Waals surface area contributed by atoms with Gasteiger partial charge in [0.15, 0.2) is 0 Å². The molecule has 1 rings (SSSR count). The molecule has 0 spiro atoms. The number of rotatable bonds is 8. The second-order valence-electron chi connectivity index (χ2n) is 5.09. The van der Waals surface area contributed by atoms with E-state index in [4.69, 9.17) is 4.74 Å². The van der Waals surface area contributed by atoms with Gasteiger partial charge in [-0.15, -0.1) is 0 Å². The number of amides is 1. The summed E-state index contributed by atoms with van der Waals surface area (Å²) < 4.78 is 4.94. The fraction of sp³-hybridized carbons (Fsp3) is 0.467. The van der Waals surface area contributed by atoms with Crippen molar-refractivity contribution < 1.29 is 24.5 Å². The first-order chi connectivity index (χ1) is 9.92. The summed E-state index contributed by atoms with van der Waals surface area (Å²) in [6.07, 6.45) is 0.382. The van der Waals surface area contributed by atoms with Crippen molar-refractivity contribution >= 4 is 11.9 Å². The van der Waals surface area contributed by atoms with Gasteiger partial charge in [-0.05, 0) is 23.6 Å². The van der Waals surface area contributed by atoms with Gasteiger partial charge in [0.25, 0.3) is 0 Å². The Balaban J connectivity index is 2.59. The zero-order chi connectivity index (χ0) is 15.8. The molecule has 21 heavy (non-hydrogen) atoms. The molecule has 0 aliphatic rings. The average molecular weight is 295 g/mol. The van der Waals surface area contributed by atoms with E-state index in [2.05, 4.69) is 5.32 Å². The number of carboxylic acid groups (broad SMARTS) is 1. The Morgan fingerprint density at radius 1 is 1.29 bits per heavy atom. The molecule has 3 N–H and O–H groups in total. The topological polar surface area (TPSA) is 95.9 Å². The van der Waals surface area contributed by atoms with Crippen LogP contribution in [0.5, 0.6) is 5.75 Å². The number of hydrogen-bond donors (Lipinski definition) is 3. The molecule has 1 aromatic carbocycles. The highest BCUT2D eigenvalue weighted by Crippen LogP contribution is 2.12. The number of nitrogens with one attached hydrogen (secondary N) is 1. The van der Waals surface area contributed by atoms with E-state index in [0.29, 0.717) is 6.61 Å². The lowest BCUT2D eigenvalue weighted by molar-refractivity contribution is -0.142. The van der Waals surface area contributed by atoms with Crippen molar-refractivity contribution in [3.8, 4) is 5.75 Å². The zero-order valence-corrected chi connectivity index (χ0v) is 12.2. The Morgan fingerprint density at radius 2 is 1.90 bits per heavy atom. The van der Waals surface area contributed by atoms with Gasteiger partial charge in [0.1, 0.15) is 11.8 Å². The minimum Gasteiger partial charge on any atom is -0.508 e. The SMILES string of the molecule is COCC(C)CC(=O)NC(Cc1ccc(O)cc1)C(=O)O. The van der Waals surface area contributed by atoms with E-state index >= 15 is 0 Å². The van der Waals surface area contributed by atoms with Crippen molar-refractivity contribution in [1.82, 2.24) is 5.32 Å². The first-order valence-corrected chi connectivity index (χ1v) is 6.71. The quantitative estimate of drug-likeness (QED) is 0.669. The van der Waals surface area contributed by atoms with Crippen LogP contribution in [-0.2, 0) is 20.7 Å². The molecule has 0 fully saturated rings. The van der Waals surface area contributed by atoms with Crippen LogP contribution in [-0.4, -0.2) is 41.8 Å². The molecular formula is C15H21NO5. The van der Waals surface area contributed by atoms with Crippen molar-refractivity contribution in [2.75, 3.05) is 13.7 Å².